The molecule has 2 aromatic carbocycles. The van der Waals surface area contributed by atoms with Crippen molar-refractivity contribution in [3.05, 3.63) is 93.6 Å². The number of amides is 5. The molecule has 2 saturated heterocycles. The number of likely N-dealkylation sites (N-methyl/N-ethyl adjacent to an activating group) is 1. The maximum Gasteiger partial charge on any atom is 0.334 e. The second-order valence-corrected chi connectivity index (χ2v) is 24.6. The van der Waals surface area contributed by atoms with E-state index in [1.165, 1.54) is 45.2 Å². The number of alkyl halides is 1. The van der Waals surface area contributed by atoms with Crippen LogP contribution in [0.3, 0.4) is 0 Å². The van der Waals surface area contributed by atoms with Gasteiger partial charge in [-0.25, -0.2) is 14.4 Å². The number of Topliss-reactive ketones (excluding diaryl/α,β-unsaturated/α-hetero) is 2. The van der Waals surface area contributed by atoms with Gasteiger partial charge in [-0.1, -0.05) is 90.8 Å². The van der Waals surface area contributed by atoms with Crippen LogP contribution in [0.5, 0.6) is 5.75 Å². The number of esters is 3. The van der Waals surface area contributed by atoms with Crippen LogP contribution >= 0.6 is 27.5 Å². The van der Waals surface area contributed by atoms with Gasteiger partial charge in [0.15, 0.2) is 5.78 Å². The number of carbonyl (C=O) groups is 9. The lowest BCUT2D eigenvalue weighted by Gasteiger charge is -2.41. The number of aliphatic hydroxyl groups is 1. The molecule has 0 saturated carbocycles. The number of ketones is 2. The van der Waals surface area contributed by atoms with Crippen molar-refractivity contribution in [1.82, 2.24) is 15.5 Å². The summed E-state index contributed by atoms with van der Waals surface area (Å²) in [6.45, 7) is 16.3. The van der Waals surface area contributed by atoms with Gasteiger partial charge in [0.05, 0.1) is 55.0 Å². The van der Waals surface area contributed by atoms with E-state index in [-0.39, 0.29) is 81.1 Å². The van der Waals surface area contributed by atoms with Crippen LogP contribution < -0.4 is 26.0 Å². The number of fused-ring (bicyclic) bond motifs is 5. The Labute approximate surface area is 523 Å². The van der Waals surface area contributed by atoms with Crippen LogP contribution in [0.25, 0.3) is 0 Å². The molecule has 0 unspecified atom stereocenters. The standard InChI is InChI=1S/C64H87BrClN5O16/c1-36(2)46(31-44(72)19-14-13-15-25-84-60(78)39(5)35-65)58(76)69-47(20-17-24-68-62(67)80)49(73)29-42-22-23-45(50(30-42)82-11)59(77)70(9)41(7)61(79)86-53-32-54(74)71(10)48-28-43(27-38(4)56(48)66)26-37(3)18-16-21-52(83-12)64(81)33-51(85-55(75)34-64)40(6)57-63(53,8)87-57/h16,18,21-23,27-28,30,36,40-41,46-47,51-53,57,81H,5,13-15,17,19-20,24-26,29,31-35H2,1-4,6-12H3,(H,69,76)(H3,67,68,80)/b21-16+,37-18+/t40-,41+,46+,47+,51+,52-,53+,57+,63+,64-/m1/s1. The zero-order valence-electron chi connectivity index (χ0n) is 51.9. The van der Waals surface area contributed by atoms with Gasteiger partial charge in [-0.15, -0.1) is 0 Å². The molecule has 0 aliphatic carbocycles. The number of epoxide rings is 1. The maximum atomic E-state index is 14.5. The molecule has 87 heavy (non-hydrogen) atoms. The van der Waals surface area contributed by atoms with Gasteiger partial charge in [-0.05, 0) is 107 Å². The third kappa shape index (κ3) is 19.3. The molecule has 478 valence electrons. The number of ether oxygens (including phenoxy) is 6. The van der Waals surface area contributed by atoms with E-state index in [2.05, 4.69) is 33.1 Å². The fraction of sp³-hybridized carbons (Fsp3) is 0.578. The van der Waals surface area contributed by atoms with E-state index in [4.69, 9.17) is 45.8 Å². The van der Waals surface area contributed by atoms with Crippen molar-refractivity contribution in [3.8, 4) is 5.75 Å². The van der Waals surface area contributed by atoms with E-state index >= 15 is 0 Å². The number of halogens is 2. The average molecular weight is 1300 g/mol. The molecular weight excluding hydrogens is 1210 g/mol. The van der Waals surface area contributed by atoms with Crippen LogP contribution in [0.2, 0.25) is 5.02 Å². The van der Waals surface area contributed by atoms with Crippen molar-refractivity contribution < 1.29 is 76.7 Å². The lowest BCUT2D eigenvalue weighted by atomic mass is 9.78. The number of primary amides is 1. The van der Waals surface area contributed by atoms with Gasteiger partial charge in [-0.2, -0.15) is 0 Å². The average Bonchev–Trinajstić information content (AvgIpc) is 1.59. The minimum Gasteiger partial charge on any atom is -0.496 e. The van der Waals surface area contributed by atoms with Gasteiger partial charge in [0, 0.05) is 76.2 Å². The number of allylic oxidation sites excluding steroid dienone is 3. The lowest BCUT2D eigenvalue weighted by molar-refractivity contribution is -0.187. The summed E-state index contributed by atoms with van der Waals surface area (Å²) in [5.41, 5.74) is 6.01. The molecule has 3 heterocycles. The third-order valence-electron chi connectivity index (χ3n) is 16.6. The van der Waals surface area contributed by atoms with Crippen molar-refractivity contribution in [3.63, 3.8) is 0 Å². The Kier molecular flexibility index (Phi) is 26.3. The normalized spacial score (nSPS) is 24.1. The van der Waals surface area contributed by atoms with E-state index in [1.54, 1.807) is 39.1 Å². The van der Waals surface area contributed by atoms with E-state index in [9.17, 15) is 48.3 Å². The smallest absolute Gasteiger partial charge is 0.334 e. The van der Waals surface area contributed by atoms with Crippen molar-refractivity contribution >= 4 is 86.4 Å². The number of nitrogens with zero attached hydrogens (tertiary/aromatic N) is 2. The minimum atomic E-state index is -1.65. The molecule has 5 rings (SSSR count). The van der Waals surface area contributed by atoms with E-state index in [0.29, 0.717) is 52.9 Å². The highest BCUT2D eigenvalue weighted by Crippen LogP contribution is 2.50. The van der Waals surface area contributed by atoms with Gasteiger partial charge in [-0.3, -0.25) is 28.8 Å². The number of methoxy groups -OCH3 is 2. The molecule has 0 radical (unpaired) electrons. The maximum absolute atomic E-state index is 14.5. The van der Waals surface area contributed by atoms with E-state index in [0.717, 1.165) is 21.6 Å². The summed E-state index contributed by atoms with van der Waals surface area (Å²) in [6, 6.07) is 5.19. The van der Waals surface area contributed by atoms with E-state index in [1.807, 2.05) is 45.9 Å². The molecule has 5 amide bonds. The Bertz CT molecular complexity index is 2950. The monoisotopic (exact) mass is 1300 g/mol. The van der Waals surface area contributed by atoms with Gasteiger partial charge in [0.1, 0.15) is 47.1 Å². The minimum absolute atomic E-state index is 0.0101. The Hall–Kier alpha value is -6.46. The Morgan fingerprint density at radius 3 is 2.40 bits per heavy atom. The van der Waals surface area contributed by atoms with Gasteiger partial charge in [0.2, 0.25) is 11.8 Å². The van der Waals surface area contributed by atoms with Crippen molar-refractivity contribution in [2.75, 3.05) is 51.7 Å². The Balaban J connectivity index is 1.33. The van der Waals surface area contributed by atoms with Crippen LogP contribution in [-0.2, 0) is 70.1 Å². The number of urea groups is 1. The number of anilines is 1. The van der Waals surface area contributed by atoms with Crippen molar-refractivity contribution in [1.29, 1.82) is 0 Å². The lowest BCUT2D eigenvalue weighted by Crippen LogP contribution is -2.53. The summed E-state index contributed by atoms with van der Waals surface area (Å²) in [5.74, 6) is -5.69. The molecule has 23 heteroatoms. The molecule has 21 nitrogen and oxygen atoms in total. The number of benzene rings is 2. The van der Waals surface area contributed by atoms with Crippen molar-refractivity contribution in [2.24, 2.45) is 23.5 Å². The highest BCUT2D eigenvalue weighted by Gasteiger charge is 2.64. The Morgan fingerprint density at radius 2 is 1.75 bits per heavy atom. The van der Waals surface area contributed by atoms with Crippen LogP contribution in [0.1, 0.15) is 133 Å². The first-order chi connectivity index (χ1) is 41.0. The topological polar surface area (TPSA) is 289 Å². The first-order valence-electron chi connectivity index (χ1n) is 29.4. The molecule has 3 aliphatic heterocycles. The molecule has 2 fully saturated rings. The molecule has 5 N–H and O–H groups in total. The van der Waals surface area contributed by atoms with Crippen molar-refractivity contribution in [2.45, 2.75) is 173 Å². The number of nitrogens with two attached hydrogens (primary N) is 1. The number of carbonyl (C=O) groups excluding carboxylic acids is 9. The van der Waals surface area contributed by atoms with Crippen LogP contribution in [-0.4, -0.2) is 158 Å². The number of aryl methyl sites for hydroxylation is 1. The number of rotatable bonds is 26. The molecule has 4 bridgehead atoms. The number of unbranched alkanes of at least 4 members (excludes halogenated alkanes) is 2. The molecular formula is C64H87BrClN5O16. The summed E-state index contributed by atoms with van der Waals surface area (Å²) in [6.07, 6.45) is 3.36. The van der Waals surface area contributed by atoms with Crippen LogP contribution in [0.4, 0.5) is 10.5 Å². The predicted octanol–water partition coefficient (Wildman–Crippen LogP) is 7.72. The highest BCUT2D eigenvalue weighted by atomic mass is 79.9. The number of nitrogens with one attached hydrogen (secondary N) is 2. The fourth-order valence-electron chi connectivity index (χ4n) is 11.0. The summed E-state index contributed by atoms with van der Waals surface area (Å²) in [7, 11) is 5.76. The summed E-state index contributed by atoms with van der Waals surface area (Å²) in [4.78, 5) is 124. The van der Waals surface area contributed by atoms with Crippen LogP contribution in [0, 0.1) is 24.7 Å². The quantitative estimate of drug-likeness (QED) is 0.0175. The summed E-state index contributed by atoms with van der Waals surface area (Å²) in [5, 5.41) is 18.1. The van der Waals surface area contributed by atoms with Gasteiger partial charge >= 0.3 is 23.9 Å². The zero-order chi connectivity index (χ0) is 64.7. The fourth-order valence-corrected chi connectivity index (χ4v) is 11.5. The molecule has 0 aromatic heterocycles. The van der Waals surface area contributed by atoms with E-state index < -0.39 is 113 Å². The molecule has 2 aromatic rings. The SMILES string of the molecule is C=C(CBr)C(=O)OCCCCCC(=O)C[C@H](C(=O)N[C@@H](CCCNC(N)=O)C(=O)Cc1ccc(C(=O)N(C)[C@@H](C)C(=O)O[C@H]2CC(=O)N(C)c3cc(cc(C)c3Cl)C/C(C)=C/C=C/[C@@H](OC)[C@]3(O)CC(=O)O[C@@H](C3)[C@@H](C)[C@@H]3O[C@@]23C)c(OC)c1)C(C)C. The largest absolute Gasteiger partial charge is 0.496 e. The third-order valence-corrected chi connectivity index (χ3v) is 17.8. The number of hydrogen-bond acceptors (Lipinski definition) is 16. The molecule has 3 aliphatic rings. The second-order valence-electron chi connectivity index (χ2n) is 23.7. The molecule has 0 spiro atoms. The van der Waals surface area contributed by atoms with Crippen LogP contribution in [0.15, 0.2) is 66.3 Å². The first-order valence-corrected chi connectivity index (χ1v) is 30.9. The first kappa shape index (κ1) is 71.3. The predicted molar refractivity (Wildman–Crippen MR) is 330 cm³/mol. The zero-order valence-corrected chi connectivity index (χ0v) is 54.3. The number of hydrogen-bond donors (Lipinski definition) is 4. The van der Waals surface area contributed by atoms with Gasteiger partial charge < -0.3 is 59.7 Å². The Morgan fingerprint density at radius 1 is 1.03 bits per heavy atom. The highest BCUT2D eigenvalue weighted by molar-refractivity contribution is 9.09. The second kappa shape index (κ2) is 32.1. The molecule has 10 atom stereocenters. The summed E-state index contributed by atoms with van der Waals surface area (Å²) < 4.78 is 35.1. The van der Waals surface area contributed by atoms with Gasteiger partial charge in [0.25, 0.3) is 5.91 Å². The summed E-state index contributed by atoms with van der Waals surface area (Å²) >= 11 is 10.0.